The number of carbonyl (C=O) groups is 1. The SMILES string of the molecule is Cc1cc(C)c(C=Cc2onc(C)c2S(=O)(=O)N2CCCC(C(=O)N3CCc4ccccc4C3)C2)c(C)c1. The number of aromatic nitrogens is 1. The van der Waals surface area contributed by atoms with Gasteiger partial charge in [-0.3, -0.25) is 4.79 Å². The summed E-state index contributed by atoms with van der Waals surface area (Å²) in [6.45, 7) is 9.56. The number of nitrogens with zero attached hydrogens (tertiary/aromatic N) is 3. The number of fused-ring (bicyclic) bond motifs is 1. The summed E-state index contributed by atoms with van der Waals surface area (Å²) in [5, 5.41) is 3.99. The lowest BCUT2D eigenvalue weighted by Crippen LogP contribution is -2.47. The van der Waals surface area contributed by atoms with E-state index in [1.54, 1.807) is 13.0 Å². The van der Waals surface area contributed by atoms with Crippen LogP contribution in [0.5, 0.6) is 0 Å². The third kappa shape index (κ3) is 5.07. The molecule has 0 N–H and O–H groups in total. The molecule has 0 spiro atoms. The lowest BCUT2D eigenvalue weighted by molar-refractivity contribution is -0.137. The van der Waals surface area contributed by atoms with Gasteiger partial charge in [-0.25, -0.2) is 8.42 Å². The maximum absolute atomic E-state index is 13.9. The molecule has 1 saturated heterocycles. The van der Waals surface area contributed by atoms with Gasteiger partial charge in [0.15, 0.2) is 10.7 Å². The molecule has 2 aliphatic rings. The summed E-state index contributed by atoms with van der Waals surface area (Å²) in [6, 6.07) is 12.4. The number of amides is 1. The third-order valence-electron chi connectivity index (χ3n) is 7.75. The molecule has 3 aromatic rings. The molecule has 0 aliphatic carbocycles. The highest BCUT2D eigenvalue weighted by Crippen LogP contribution is 2.31. The van der Waals surface area contributed by atoms with Crippen LogP contribution >= 0.6 is 0 Å². The van der Waals surface area contributed by atoms with Gasteiger partial charge in [0.1, 0.15) is 5.69 Å². The number of rotatable bonds is 5. The van der Waals surface area contributed by atoms with Crippen molar-refractivity contribution in [3.8, 4) is 0 Å². The first-order valence-corrected chi connectivity index (χ1v) is 14.7. The second kappa shape index (κ2) is 10.5. The van der Waals surface area contributed by atoms with Crippen LogP contribution in [0.3, 0.4) is 0 Å². The van der Waals surface area contributed by atoms with Crippen LogP contribution in [0.15, 0.2) is 45.8 Å². The van der Waals surface area contributed by atoms with Crippen molar-refractivity contribution in [2.45, 2.75) is 58.4 Å². The summed E-state index contributed by atoms with van der Waals surface area (Å²) in [5.74, 6) is -0.115. The first-order valence-electron chi connectivity index (χ1n) is 13.2. The molecule has 0 saturated carbocycles. The van der Waals surface area contributed by atoms with Gasteiger partial charge in [-0.2, -0.15) is 4.31 Å². The van der Waals surface area contributed by atoms with Gasteiger partial charge in [0.05, 0.1) is 5.92 Å². The van der Waals surface area contributed by atoms with E-state index in [4.69, 9.17) is 4.52 Å². The fourth-order valence-electron chi connectivity index (χ4n) is 5.85. The van der Waals surface area contributed by atoms with Crippen molar-refractivity contribution >= 4 is 28.1 Å². The molecule has 38 heavy (non-hydrogen) atoms. The van der Waals surface area contributed by atoms with Crippen molar-refractivity contribution in [2.24, 2.45) is 5.92 Å². The maximum atomic E-state index is 13.9. The van der Waals surface area contributed by atoms with E-state index >= 15 is 0 Å². The normalized spacial score (nSPS) is 18.6. The Morgan fingerprint density at radius 3 is 2.47 bits per heavy atom. The van der Waals surface area contributed by atoms with Crippen molar-refractivity contribution in [2.75, 3.05) is 19.6 Å². The van der Waals surface area contributed by atoms with Crippen molar-refractivity contribution < 1.29 is 17.7 Å². The van der Waals surface area contributed by atoms with Crippen molar-refractivity contribution in [3.63, 3.8) is 0 Å². The fraction of sp³-hybridized carbons (Fsp3) is 0.400. The Morgan fingerprint density at radius 1 is 1.03 bits per heavy atom. The molecule has 0 radical (unpaired) electrons. The summed E-state index contributed by atoms with van der Waals surface area (Å²) < 4.78 is 34.6. The van der Waals surface area contributed by atoms with Crippen LogP contribution in [0.1, 0.15) is 57.7 Å². The minimum atomic E-state index is -3.90. The molecule has 1 amide bonds. The Bertz CT molecular complexity index is 1480. The fourth-order valence-corrected chi connectivity index (χ4v) is 7.62. The molecule has 1 fully saturated rings. The predicted molar refractivity (Wildman–Crippen MR) is 148 cm³/mol. The summed E-state index contributed by atoms with van der Waals surface area (Å²) in [6.07, 6.45) is 5.73. The van der Waals surface area contributed by atoms with Gasteiger partial charge in [0.25, 0.3) is 0 Å². The molecule has 1 atom stereocenters. The number of benzene rings is 2. The zero-order valence-corrected chi connectivity index (χ0v) is 23.3. The van der Waals surface area contributed by atoms with Crippen LogP contribution in [0, 0.1) is 33.6 Å². The number of hydrogen-bond acceptors (Lipinski definition) is 5. The Kier molecular flexibility index (Phi) is 7.29. The highest BCUT2D eigenvalue weighted by atomic mass is 32.2. The maximum Gasteiger partial charge on any atom is 0.248 e. The van der Waals surface area contributed by atoms with Gasteiger partial charge in [0.2, 0.25) is 15.9 Å². The minimum absolute atomic E-state index is 0.0342. The summed E-state index contributed by atoms with van der Waals surface area (Å²) in [5.41, 5.74) is 7.20. The molecule has 8 heteroatoms. The van der Waals surface area contributed by atoms with Crippen molar-refractivity contribution in [1.29, 1.82) is 0 Å². The average molecular weight is 534 g/mol. The second-order valence-electron chi connectivity index (χ2n) is 10.6. The van der Waals surface area contributed by atoms with E-state index in [1.807, 2.05) is 37.0 Å². The molecule has 200 valence electrons. The number of hydrogen-bond donors (Lipinski definition) is 0. The predicted octanol–water partition coefficient (Wildman–Crippen LogP) is 5.06. The molecule has 5 rings (SSSR count). The first-order chi connectivity index (χ1) is 18.1. The summed E-state index contributed by atoms with van der Waals surface area (Å²) in [7, 11) is -3.90. The van der Waals surface area contributed by atoms with E-state index < -0.39 is 10.0 Å². The van der Waals surface area contributed by atoms with E-state index in [0.29, 0.717) is 38.2 Å². The summed E-state index contributed by atoms with van der Waals surface area (Å²) in [4.78, 5) is 15.4. The molecule has 2 aliphatic heterocycles. The Morgan fingerprint density at radius 2 is 1.74 bits per heavy atom. The van der Waals surface area contributed by atoms with E-state index in [-0.39, 0.29) is 29.0 Å². The lowest BCUT2D eigenvalue weighted by Gasteiger charge is -2.36. The van der Waals surface area contributed by atoms with Gasteiger partial charge in [-0.1, -0.05) is 53.2 Å². The number of piperidine rings is 1. The molecular formula is C30H35N3O4S. The number of sulfonamides is 1. The van der Waals surface area contributed by atoms with Crippen molar-refractivity contribution in [3.05, 3.63) is 81.2 Å². The molecule has 7 nitrogen and oxygen atoms in total. The molecule has 2 aromatic carbocycles. The molecule has 1 aromatic heterocycles. The van der Waals surface area contributed by atoms with E-state index in [9.17, 15) is 13.2 Å². The van der Waals surface area contributed by atoms with Gasteiger partial charge in [0, 0.05) is 26.2 Å². The van der Waals surface area contributed by atoms with Crippen LogP contribution in [0.4, 0.5) is 0 Å². The van der Waals surface area contributed by atoms with Gasteiger partial charge >= 0.3 is 0 Å². The number of aryl methyl sites for hydroxylation is 4. The average Bonchev–Trinajstić information content (AvgIpc) is 3.28. The second-order valence-corrected chi connectivity index (χ2v) is 12.5. The number of carbonyl (C=O) groups excluding carboxylic acids is 1. The molecular weight excluding hydrogens is 498 g/mol. The largest absolute Gasteiger partial charge is 0.355 e. The Hall–Kier alpha value is -3.23. The molecule has 1 unspecified atom stereocenters. The standard InChI is InChI=1S/C30H35N3O4S/c1-20-16-21(2)27(22(3)17-20)11-12-28-29(23(4)31-37-28)38(35,36)33-14-7-10-26(19-33)30(34)32-15-13-24-8-5-6-9-25(24)18-32/h5-6,8-9,11-12,16-17,26H,7,10,13-15,18-19H2,1-4H3. The Labute approximate surface area is 225 Å². The van der Waals surface area contributed by atoms with Crippen LogP contribution in [0.2, 0.25) is 0 Å². The highest BCUT2D eigenvalue weighted by Gasteiger charge is 2.38. The smallest absolute Gasteiger partial charge is 0.248 e. The van der Waals surface area contributed by atoms with Crippen molar-refractivity contribution in [1.82, 2.24) is 14.4 Å². The quantitative estimate of drug-likeness (QED) is 0.458. The van der Waals surface area contributed by atoms with Gasteiger partial charge in [-0.15, -0.1) is 0 Å². The van der Waals surface area contributed by atoms with Crippen LogP contribution < -0.4 is 0 Å². The zero-order chi connectivity index (χ0) is 27.0. The van der Waals surface area contributed by atoms with E-state index in [0.717, 1.165) is 23.1 Å². The monoisotopic (exact) mass is 533 g/mol. The van der Waals surface area contributed by atoms with Crippen LogP contribution in [-0.2, 0) is 27.8 Å². The minimum Gasteiger partial charge on any atom is -0.355 e. The lowest BCUT2D eigenvalue weighted by atomic mass is 9.95. The summed E-state index contributed by atoms with van der Waals surface area (Å²) >= 11 is 0. The Balaban J connectivity index is 1.36. The van der Waals surface area contributed by atoms with Crippen LogP contribution in [-0.4, -0.2) is 48.3 Å². The van der Waals surface area contributed by atoms with E-state index in [1.165, 1.54) is 21.0 Å². The highest BCUT2D eigenvalue weighted by molar-refractivity contribution is 7.89. The topological polar surface area (TPSA) is 83.7 Å². The zero-order valence-electron chi connectivity index (χ0n) is 22.5. The molecule has 0 bridgehead atoms. The van der Waals surface area contributed by atoms with Gasteiger partial charge < -0.3 is 9.42 Å². The van der Waals surface area contributed by atoms with E-state index in [2.05, 4.69) is 36.3 Å². The first kappa shape index (κ1) is 26.4. The third-order valence-corrected chi connectivity index (χ3v) is 9.77. The van der Waals surface area contributed by atoms with Crippen LogP contribution in [0.25, 0.3) is 12.2 Å². The van der Waals surface area contributed by atoms with Gasteiger partial charge in [-0.05, 0) is 80.9 Å². The molecule has 3 heterocycles.